The monoisotopic (exact) mass is 351 g/mol. The molecule has 0 spiro atoms. The van der Waals surface area contributed by atoms with Crippen molar-refractivity contribution in [2.45, 2.75) is 0 Å². The Morgan fingerprint density at radius 2 is 2.12 bits per heavy atom. The molecule has 6 heteroatoms. The average molecular weight is 351 g/mol. The number of aromatic nitrogens is 1. The molecule has 1 aromatic heterocycles. The summed E-state index contributed by atoms with van der Waals surface area (Å²) in [6.45, 7) is 0. The van der Waals surface area contributed by atoms with Crippen molar-refractivity contribution in [1.82, 2.24) is 4.98 Å². The molecule has 0 bridgehead atoms. The van der Waals surface area contributed by atoms with Crippen molar-refractivity contribution in [2.75, 3.05) is 12.4 Å². The van der Waals surface area contributed by atoms with Crippen LogP contribution in [0.5, 0.6) is 5.75 Å². The average Bonchev–Trinajstić information content (AvgIpc) is 3.14. The molecule has 124 valence electrons. The minimum atomic E-state index is -0.382. The fourth-order valence-electron chi connectivity index (χ4n) is 2.18. The zero-order valence-corrected chi connectivity index (χ0v) is 14.2. The van der Waals surface area contributed by atoms with Gasteiger partial charge in [-0.2, -0.15) is 5.26 Å². The molecule has 0 radical (unpaired) electrons. The number of anilines is 1. The molecular weight excluding hydrogens is 337 g/mol. The quantitative estimate of drug-likeness (QED) is 0.662. The lowest BCUT2D eigenvalue weighted by atomic mass is 10.1. The minimum Gasteiger partial charge on any atom is -0.497 e. The number of benzene rings is 2. The first-order valence-corrected chi connectivity index (χ1v) is 8.31. The normalized spacial score (nSPS) is 11.0. The van der Waals surface area contributed by atoms with Crippen LogP contribution < -0.4 is 10.1 Å². The number of nitriles is 1. The lowest BCUT2D eigenvalue weighted by Gasteiger charge is -2.02. The molecule has 1 N–H and O–H groups in total. The van der Waals surface area contributed by atoms with E-state index in [1.165, 1.54) is 23.6 Å². The van der Waals surface area contributed by atoms with Crippen molar-refractivity contribution in [3.8, 4) is 23.1 Å². The van der Waals surface area contributed by atoms with Gasteiger partial charge in [0.05, 0.1) is 18.5 Å². The van der Waals surface area contributed by atoms with Gasteiger partial charge < -0.3 is 10.1 Å². The third kappa shape index (κ3) is 3.84. The fourth-order valence-corrected chi connectivity index (χ4v) is 2.98. The number of hydrogen-bond donors (Lipinski definition) is 1. The van der Waals surface area contributed by atoms with Crippen LogP contribution in [0.25, 0.3) is 16.8 Å². The van der Waals surface area contributed by atoms with E-state index in [1.807, 2.05) is 29.6 Å². The first-order chi connectivity index (χ1) is 12.2. The van der Waals surface area contributed by atoms with Crippen LogP contribution in [0.2, 0.25) is 0 Å². The molecule has 4 nitrogen and oxygen atoms in total. The summed E-state index contributed by atoms with van der Waals surface area (Å²) in [5.74, 6) is 0.358. The Bertz CT molecular complexity index is 959. The van der Waals surface area contributed by atoms with E-state index in [1.54, 1.807) is 25.3 Å². The molecule has 1 heterocycles. The standard InChI is InChI=1S/C19H14FN3OS/c1-24-15-6-4-5-13(9-15)18-12-25-19(23-18)14(10-21)11-22-17-8-3-2-7-16(17)20/h2-9,11-12,22H,1H3. The number of thiazole rings is 1. The highest BCUT2D eigenvalue weighted by Crippen LogP contribution is 2.28. The van der Waals surface area contributed by atoms with Crippen LogP contribution in [0.3, 0.4) is 0 Å². The second-order valence-corrected chi connectivity index (χ2v) is 5.92. The number of halogens is 1. The van der Waals surface area contributed by atoms with Crippen LogP contribution in [0.1, 0.15) is 5.01 Å². The maximum Gasteiger partial charge on any atom is 0.146 e. The van der Waals surface area contributed by atoms with E-state index in [-0.39, 0.29) is 5.82 Å². The Labute approximate surface area is 148 Å². The lowest BCUT2D eigenvalue weighted by molar-refractivity contribution is 0.415. The number of nitrogens with one attached hydrogen (secondary N) is 1. The SMILES string of the molecule is COc1cccc(-c2csc(C(C#N)=CNc3ccccc3F)n2)c1. The zero-order valence-electron chi connectivity index (χ0n) is 13.4. The molecule has 0 aliphatic rings. The molecule has 0 aliphatic heterocycles. The van der Waals surface area contributed by atoms with E-state index >= 15 is 0 Å². The number of ether oxygens (including phenoxy) is 1. The summed E-state index contributed by atoms with van der Waals surface area (Å²) < 4.78 is 18.9. The Morgan fingerprint density at radius 1 is 1.28 bits per heavy atom. The Balaban J connectivity index is 1.85. The smallest absolute Gasteiger partial charge is 0.146 e. The van der Waals surface area contributed by atoms with Crippen molar-refractivity contribution < 1.29 is 9.13 Å². The Kier molecular flexibility index (Phi) is 5.07. The summed E-state index contributed by atoms with van der Waals surface area (Å²) >= 11 is 1.35. The van der Waals surface area contributed by atoms with Gasteiger partial charge in [0.15, 0.2) is 0 Å². The van der Waals surface area contributed by atoms with Crippen molar-refractivity contribution >= 4 is 22.6 Å². The van der Waals surface area contributed by atoms with Gasteiger partial charge in [0, 0.05) is 17.1 Å². The maximum atomic E-state index is 13.6. The van der Waals surface area contributed by atoms with Crippen molar-refractivity contribution in [3.05, 3.63) is 70.9 Å². The van der Waals surface area contributed by atoms with Crippen LogP contribution >= 0.6 is 11.3 Å². The lowest BCUT2D eigenvalue weighted by Crippen LogP contribution is -1.93. The van der Waals surface area contributed by atoms with Gasteiger partial charge in [-0.3, -0.25) is 0 Å². The van der Waals surface area contributed by atoms with Crippen LogP contribution in [0.15, 0.2) is 60.1 Å². The molecule has 25 heavy (non-hydrogen) atoms. The maximum absolute atomic E-state index is 13.6. The highest BCUT2D eigenvalue weighted by Gasteiger charge is 2.10. The summed E-state index contributed by atoms with van der Waals surface area (Å²) in [5.41, 5.74) is 2.30. The number of methoxy groups -OCH3 is 1. The van der Waals surface area contributed by atoms with Gasteiger partial charge in [0.1, 0.15) is 28.2 Å². The number of rotatable bonds is 5. The van der Waals surface area contributed by atoms with Crippen molar-refractivity contribution in [3.63, 3.8) is 0 Å². The molecular formula is C19H14FN3OS. The van der Waals surface area contributed by atoms with Crippen molar-refractivity contribution in [2.24, 2.45) is 0 Å². The predicted octanol–water partition coefficient (Wildman–Crippen LogP) is 4.93. The molecule has 0 aliphatic carbocycles. The van der Waals surface area contributed by atoms with E-state index in [0.717, 1.165) is 17.0 Å². The van der Waals surface area contributed by atoms with Crippen molar-refractivity contribution in [1.29, 1.82) is 5.26 Å². The Morgan fingerprint density at radius 3 is 2.88 bits per heavy atom. The molecule has 3 rings (SSSR count). The first kappa shape index (κ1) is 16.7. The van der Waals surface area contributed by atoms with E-state index in [9.17, 15) is 9.65 Å². The first-order valence-electron chi connectivity index (χ1n) is 7.43. The minimum absolute atomic E-state index is 0.305. The molecule has 0 amide bonds. The number of nitrogens with zero attached hydrogens (tertiary/aromatic N) is 2. The second-order valence-electron chi connectivity index (χ2n) is 5.06. The van der Waals surface area contributed by atoms with Gasteiger partial charge in [-0.25, -0.2) is 9.37 Å². The molecule has 3 aromatic rings. The molecule has 0 saturated carbocycles. The fraction of sp³-hybridized carbons (Fsp3) is 0.0526. The van der Waals surface area contributed by atoms with Crippen LogP contribution in [-0.4, -0.2) is 12.1 Å². The highest BCUT2D eigenvalue weighted by atomic mass is 32.1. The molecule has 2 aromatic carbocycles. The van der Waals surface area contributed by atoms with E-state index in [4.69, 9.17) is 4.74 Å². The van der Waals surface area contributed by atoms with Crippen LogP contribution in [-0.2, 0) is 0 Å². The number of para-hydroxylation sites is 1. The van der Waals surface area contributed by atoms with Gasteiger partial charge >= 0.3 is 0 Å². The summed E-state index contributed by atoms with van der Waals surface area (Å²) in [6, 6.07) is 15.9. The van der Waals surface area contributed by atoms with E-state index < -0.39 is 0 Å². The second kappa shape index (κ2) is 7.60. The van der Waals surface area contributed by atoms with E-state index in [2.05, 4.69) is 16.4 Å². The molecule has 0 atom stereocenters. The zero-order chi connectivity index (χ0) is 17.6. The molecule has 0 fully saturated rings. The molecule has 0 unspecified atom stereocenters. The Hall–Kier alpha value is -3.17. The van der Waals surface area contributed by atoms with Gasteiger partial charge in [-0.05, 0) is 24.3 Å². The summed E-state index contributed by atoms with van der Waals surface area (Å²) in [4.78, 5) is 4.50. The highest BCUT2D eigenvalue weighted by molar-refractivity contribution is 7.11. The van der Waals surface area contributed by atoms with Gasteiger partial charge in [0.25, 0.3) is 0 Å². The summed E-state index contributed by atoms with van der Waals surface area (Å²) in [7, 11) is 1.61. The van der Waals surface area contributed by atoms with Gasteiger partial charge in [-0.15, -0.1) is 11.3 Å². The third-order valence-corrected chi connectivity index (χ3v) is 4.34. The van der Waals surface area contributed by atoms with Gasteiger partial charge in [-0.1, -0.05) is 24.3 Å². The predicted molar refractivity (Wildman–Crippen MR) is 97.7 cm³/mol. The number of allylic oxidation sites excluding steroid dienone is 1. The third-order valence-electron chi connectivity index (χ3n) is 3.47. The topological polar surface area (TPSA) is 57.9 Å². The van der Waals surface area contributed by atoms with Gasteiger partial charge in [0.2, 0.25) is 0 Å². The van der Waals surface area contributed by atoms with Crippen LogP contribution in [0, 0.1) is 17.1 Å². The van der Waals surface area contributed by atoms with E-state index in [0.29, 0.717) is 16.3 Å². The molecule has 0 saturated heterocycles. The van der Waals surface area contributed by atoms with Crippen LogP contribution in [0.4, 0.5) is 10.1 Å². The number of hydrogen-bond acceptors (Lipinski definition) is 5. The summed E-state index contributed by atoms with van der Waals surface area (Å²) in [5, 5.41) is 14.6. The largest absolute Gasteiger partial charge is 0.497 e. The summed E-state index contributed by atoms with van der Waals surface area (Å²) in [6.07, 6.45) is 1.46.